The van der Waals surface area contributed by atoms with Crippen LogP contribution < -0.4 is 10.6 Å². The summed E-state index contributed by atoms with van der Waals surface area (Å²) >= 11 is 0. The molecule has 0 unspecified atom stereocenters. The molecule has 20 heavy (non-hydrogen) atoms. The van der Waals surface area contributed by atoms with Crippen molar-refractivity contribution in [1.29, 1.82) is 0 Å². The predicted octanol–water partition coefficient (Wildman–Crippen LogP) is 1.70. The zero-order valence-corrected chi connectivity index (χ0v) is 11.6. The fourth-order valence-electron chi connectivity index (χ4n) is 2.11. The second kappa shape index (κ2) is 5.85. The van der Waals surface area contributed by atoms with Gasteiger partial charge in [0.05, 0.1) is 0 Å². The van der Waals surface area contributed by atoms with E-state index in [4.69, 9.17) is 0 Å². The summed E-state index contributed by atoms with van der Waals surface area (Å²) in [5, 5.41) is 6.44. The molecule has 2 aromatic rings. The summed E-state index contributed by atoms with van der Waals surface area (Å²) in [6.45, 7) is 3.72. The monoisotopic (exact) mass is 273 g/mol. The molecule has 0 atom stereocenters. The Balaban J connectivity index is 1.80. The van der Waals surface area contributed by atoms with Crippen molar-refractivity contribution in [2.24, 2.45) is 5.92 Å². The van der Waals surface area contributed by atoms with Crippen LogP contribution in [0.4, 0.5) is 11.9 Å². The minimum atomic E-state index is 0.574. The van der Waals surface area contributed by atoms with Gasteiger partial charge < -0.3 is 10.6 Å². The Morgan fingerprint density at radius 1 is 1.20 bits per heavy atom. The Labute approximate surface area is 117 Å². The normalized spacial score (nSPS) is 14.8. The smallest absolute Gasteiger partial charge is 0.241 e. The zero-order valence-electron chi connectivity index (χ0n) is 11.6. The van der Waals surface area contributed by atoms with Gasteiger partial charge in [0, 0.05) is 25.5 Å². The van der Waals surface area contributed by atoms with Crippen LogP contribution in [0.1, 0.15) is 26.2 Å². The van der Waals surface area contributed by atoms with Crippen LogP contribution in [-0.2, 0) is 0 Å². The third-order valence-corrected chi connectivity index (χ3v) is 3.47. The van der Waals surface area contributed by atoms with Crippen molar-refractivity contribution in [3.8, 4) is 5.95 Å². The number of anilines is 2. The molecular weight excluding hydrogens is 254 g/mol. The van der Waals surface area contributed by atoms with E-state index in [9.17, 15) is 0 Å². The number of rotatable bonds is 6. The van der Waals surface area contributed by atoms with E-state index < -0.39 is 0 Å². The minimum Gasteiger partial charge on any atom is -0.354 e. The van der Waals surface area contributed by atoms with E-state index in [1.807, 2.05) is 13.1 Å². The summed E-state index contributed by atoms with van der Waals surface area (Å²) in [5.41, 5.74) is 0. The molecule has 2 aromatic heterocycles. The largest absolute Gasteiger partial charge is 0.354 e. The second-order valence-corrected chi connectivity index (χ2v) is 4.96. The quantitative estimate of drug-likeness (QED) is 0.834. The van der Waals surface area contributed by atoms with Crippen molar-refractivity contribution < 1.29 is 0 Å². The molecule has 1 aliphatic rings. The third-order valence-electron chi connectivity index (χ3n) is 3.47. The molecule has 0 saturated heterocycles. The van der Waals surface area contributed by atoms with Crippen LogP contribution in [-0.4, -0.2) is 37.6 Å². The Bertz CT molecular complexity index is 548. The molecule has 106 valence electrons. The van der Waals surface area contributed by atoms with Gasteiger partial charge >= 0.3 is 0 Å². The fourth-order valence-corrected chi connectivity index (χ4v) is 2.11. The van der Waals surface area contributed by atoms with Crippen molar-refractivity contribution in [3.63, 3.8) is 0 Å². The molecule has 2 heterocycles. The lowest BCUT2D eigenvalue weighted by Crippen LogP contribution is -2.22. The fraction of sp³-hybridized carbons (Fsp3) is 0.538. The standard InChI is InChI=1S/C13H19N7/c1-2-15-11-17-12(16-8-10-4-3-5-10)19-13(18-11)20-7-6-14-9-20/h6-7,9-10H,2-5,8H2,1H3,(H2,15,16,17,18,19). The summed E-state index contributed by atoms with van der Waals surface area (Å²) < 4.78 is 1.77. The molecule has 0 amide bonds. The first-order valence-corrected chi connectivity index (χ1v) is 7.07. The molecule has 0 aromatic carbocycles. The van der Waals surface area contributed by atoms with Crippen LogP contribution in [0.3, 0.4) is 0 Å². The number of aromatic nitrogens is 5. The van der Waals surface area contributed by atoms with Crippen molar-refractivity contribution in [3.05, 3.63) is 18.7 Å². The molecule has 0 spiro atoms. The third kappa shape index (κ3) is 2.87. The molecular formula is C13H19N7. The first kappa shape index (κ1) is 12.8. The van der Waals surface area contributed by atoms with Crippen molar-refractivity contribution in [1.82, 2.24) is 24.5 Å². The molecule has 0 aliphatic heterocycles. The zero-order chi connectivity index (χ0) is 13.8. The Morgan fingerprint density at radius 2 is 2.00 bits per heavy atom. The van der Waals surface area contributed by atoms with Gasteiger partial charge in [0.2, 0.25) is 17.8 Å². The highest BCUT2D eigenvalue weighted by Gasteiger charge is 2.17. The molecule has 7 nitrogen and oxygen atoms in total. The minimum absolute atomic E-state index is 0.574. The molecule has 1 saturated carbocycles. The first-order valence-electron chi connectivity index (χ1n) is 7.07. The van der Waals surface area contributed by atoms with Crippen molar-refractivity contribution >= 4 is 11.9 Å². The van der Waals surface area contributed by atoms with E-state index in [1.54, 1.807) is 17.1 Å². The summed E-state index contributed by atoms with van der Waals surface area (Å²) in [7, 11) is 0. The summed E-state index contributed by atoms with van der Waals surface area (Å²) in [6, 6.07) is 0. The van der Waals surface area contributed by atoms with Gasteiger partial charge in [0.1, 0.15) is 6.33 Å². The van der Waals surface area contributed by atoms with Crippen LogP contribution in [0.2, 0.25) is 0 Å². The Hall–Kier alpha value is -2.18. The van der Waals surface area contributed by atoms with Gasteiger partial charge in [-0.15, -0.1) is 0 Å². The van der Waals surface area contributed by atoms with Gasteiger partial charge in [-0.2, -0.15) is 15.0 Å². The molecule has 7 heteroatoms. The molecule has 1 fully saturated rings. The van der Waals surface area contributed by atoms with Crippen molar-refractivity contribution in [2.45, 2.75) is 26.2 Å². The number of nitrogens with one attached hydrogen (secondary N) is 2. The van der Waals surface area contributed by atoms with E-state index >= 15 is 0 Å². The molecule has 0 bridgehead atoms. The van der Waals surface area contributed by atoms with Gasteiger partial charge in [-0.1, -0.05) is 6.42 Å². The maximum atomic E-state index is 4.44. The summed E-state index contributed by atoms with van der Waals surface area (Å²) in [5.74, 6) is 2.53. The lowest BCUT2D eigenvalue weighted by molar-refractivity contribution is 0.333. The van der Waals surface area contributed by atoms with Crippen LogP contribution in [0.5, 0.6) is 0 Å². The SMILES string of the molecule is CCNc1nc(NCC2CCC2)nc(-n2ccnc2)n1. The van der Waals surface area contributed by atoms with Gasteiger partial charge in [0.25, 0.3) is 0 Å². The number of hydrogen-bond donors (Lipinski definition) is 2. The molecule has 0 radical (unpaired) electrons. The molecule has 1 aliphatic carbocycles. The number of hydrogen-bond acceptors (Lipinski definition) is 6. The highest BCUT2D eigenvalue weighted by molar-refractivity contribution is 5.38. The highest BCUT2D eigenvalue weighted by atomic mass is 15.3. The van der Waals surface area contributed by atoms with E-state index in [-0.39, 0.29) is 0 Å². The number of imidazole rings is 1. The maximum absolute atomic E-state index is 4.44. The second-order valence-electron chi connectivity index (χ2n) is 4.96. The Kier molecular flexibility index (Phi) is 3.76. The van der Waals surface area contributed by atoms with Gasteiger partial charge in [-0.25, -0.2) is 4.98 Å². The molecule has 2 N–H and O–H groups in total. The number of nitrogens with zero attached hydrogens (tertiary/aromatic N) is 5. The average molecular weight is 273 g/mol. The molecule has 3 rings (SSSR count). The van der Waals surface area contributed by atoms with Crippen molar-refractivity contribution in [2.75, 3.05) is 23.7 Å². The Morgan fingerprint density at radius 3 is 2.60 bits per heavy atom. The van der Waals surface area contributed by atoms with Crippen LogP contribution >= 0.6 is 0 Å². The first-order chi connectivity index (χ1) is 9.85. The van der Waals surface area contributed by atoms with E-state index in [2.05, 4.69) is 30.6 Å². The predicted molar refractivity (Wildman–Crippen MR) is 76.9 cm³/mol. The maximum Gasteiger partial charge on any atom is 0.241 e. The van der Waals surface area contributed by atoms with Crippen LogP contribution in [0.25, 0.3) is 5.95 Å². The lowest BCUT2D eigenvalue weighted by Gasteiger charge is -2.25. The highest BCUT2D eigenvalue weighted by Crippen LogP contribution is 2.26. The topological polar surface area (TPSA) is 80.5 Å². The van der Waals surface area contributed by atoms with E-state index in [0.29, 0.717) is 17.8 Å². The summed E-state index contributed by atoms with van der Waals surface area (Å²) in [4.78, 5) is 17.2. The average Bonchev–Trinajstić information content (AvgIpc) is 2.91. The van der Waals surface area contributed by atoms with Gasteiger partial charge in [0.15, 0.2) is 0 Å². The summed E-state index contributed by atoms with van der Waals surface area (Å²) in [6.07, 6.45) is 9.14. The lowest BCUT2D eigenvalue weighted by atomic mass is 9.85. The van der Waals surface area contributed by atoms with Gasteiger partial charge in [-0.3, -0.25) is 4.57 Å². The van der Waals surface area contributed by atoms with Crippen LogP contribution in [0.15, 0.2) is 18.7 Å². The van der Waals surface area contributed by atoms with E-state index in [1.165, 1.54) is 19.3 Å². The van der Waals surface area contributed by atoms with E-state index in [0.717, 1.165) is 19.0 Å². The van der Waals surface area contributed by atoms with Crippen LogP contribution in [0, 0.1) is 5.92 Å². The van der Waals surface area contributed by atoms with Gasteiger partial charge in [-0.05, 0) is 25.7 Å².